The first kappa shape index (κ1) is 8.47. The van der Waals surface area contributed by atoms with Crippen LogP contribution in [0.2, 0.25) is 3.43 Å². The van der Waals surface area contributed by atoms with Gasteiger partial charge in [-0.15, -0.1) is 0 Å². The molecule has 1 rings (SSSR count). The van der Waals surface area contributed by atoms with Crippen LogP contribution >= 0.6 is 11.9 Å². The van der Waals surface area contributed by atoms with Gasteiger partial charge in [-0.3, -0.25) is 0 Å². The van der Waals surface area contributed by atoms with E-state index in [1.165, 1.54) is 19.3 Å². The predicted octanol–water partition coefficient (Wildman–Crippen LogP) is 2.10. The molecule has 9 heavy (non-hydrogen) atoms. The normalized spacial score (nSPS) is 35.8. The summed E-state index contributed by atoms with van der Waals surface area (Å²) < 4.78 is 0.749. The molecule has 1 nitrogen and oxygen atoms in total. The van der Waals surface area contributed by atoms with Gasteiger partial charge in [-0.2, -0.15) is 0 Å². The average molecular weight is 380 g/mol. The first-order valence-corrected chi connectivity index (χ1v) is 18.7. The maximum atomic E-state index is 9.39. The fourth-order valence-corrected chi connectivity index (χ4v) is 11.4. The molecule has 0 aromatic rings. The first-order chi connectivity index (χ1) is 4.34. The van der Waals surface area contributed by atoms with Crippen molar-refractivity contribution in [3.05, 3.63) is 0 Å². The van der Waals surface area contributed by atoms with Gasteiger partial charge in [0.05, 0.1) is 0 Å². The molecule has 0 heterocycles. The van der Waals surface area contributed by atoms with Gasteiger partial charge in [0.25, 0.3) is 0 Å². The van der Waals surface area contributed by atoms with E-state index in [-0.39, 0.29) is 6.10 Å². The van der Waals surface area contributed by atoms with Gasteiger partial charge >= 0.3 is 74.4 Å². The molecule has 0 bridgehead atoms. The van der Waals surface area contributed by atoms with Crippen molar-refractivity contribution in [3.63, 3.8) is 0 Å². The molecule has 1 fully saturated rings. The van der Waals surface area contributed by atoms with Crippen molar-refractivity contribution in [1.29, 1.82) is 0 Å². The molecule has 3 heteroatoms. The molecule has 1 aliphatic rings. The van der Waals surface area contributed by atoms with Gasteiger partial charge in [-0.1, -0.05) is 0 Å². The molecule has 2 atom stereocenters. The molecular weight excluding hydrogens is 369 g/mol. The van der Waals surface area contributed by atoms with Gasteiger partial charge in [0.1, 0.15) is 0 Å². The van der Waals surface area contributed by atoms with Gasteiger partial charge in [-0.05, 0) is 0 Å². The number of hydrogen-bond donors (Lipinski definition) is 1. The zero-order valence-electron chi connectivity index (χ0n) is 5.52. The summed E-state index contributed by atoms with van der Waals surface area (Å²) in [5.41, 5.74) is 0. The Labute approximate surface area is 73.9 Å². The third kappa shape index (κ3) is 2.47. The van der Waals surface area contributed by atoms with E-state index in [9.17, 15) is 5.11 Å². The van der Waals surface area contributed by atoms with Crippen LogP contribution in [0.5, 0.6) is 0 Å². The summed E-state index contributed by atoms with van der Waals surface area (Å²) in [6.45, 7) is 0. The SMILES string of the molecule is O[C@H]1CCCC[C@@H]1[Hg][Br]. The third-order valence-electron chi connectivity index (χ3n) is 2.07. The zero-order chi connectivity index (χ0) is 6.69. The van der Waals surface area contributed by atoms with Crippen molar-refractivity contribution >= 4 is 11.9 Å². The number of halogens is 1. The van der Waals surface area contributed by atoms with Crippen molar-refractivity contribution in [2.75, 3.05) is 0 Å². The molecule has 0 saturated heterocycles. The summed E-state index contributed by atoms with van der Waals surface area (Å²) in [4.78, 5) is 0. The Kier molecular flexibility index (Phi) is 4.04. The Morgan fingerprint density at radius 2 is 2.00 bits per heavy atom. The van der Waals surface area contributed by atoms with Crippen LogP contribution in [-0.4, -0.2) is 11.2 Å². The van der Waals surface area contributed by atoms with E-state index in [4.69, 9.17) is 0 Å². The van der Waals surface area contributed by atoms with E-state index in [0.717, 1.165) is 9.85 Å². The molecule has 0 unspecified atom stereocenters. The number of aliphatic hydroxyl groups is 1. The Morgan fingerprint density at radius 3 is 2.44 bits per heavy atom. The minimum atomic E-state index is -0.767. The van der Waals surface area contributed by atoms with Crippen molar-refractivity contribution in [2.24, 2.45) is 0 Å². The van der Waals surface area contributed by atoms with Crippen molar-refractivity contribution in [3.8, 4) is 0 Å². The molecule has 0 spiro atoms. The molecule has 0 aromatic heterocycles. The van der Waals surface area contributed by atoms with Crippen LogP contribution in [0.3, 0.4) is 0 Å². The third-order valence-corrected chi connectivity index (χ3v) is 14.6. The second kappa shape index (κ2) is 4.29. The van der Waals surface area contributed by atoms with Crippen LogP contribution < -0.4 is 0 Å². The van der Waals surface area contributed by atoms with Crippen LogP contribution in [0.25, 0.3) is 0 Å². The molecule has 1 aliphatic carbocycles. The van der Waals surface area contributed by atoms with Crippen molar-refractivity contribution in [1.82, 2.24) is 0 Å². The van der Waals surface area contributed by atoms with E-state index in [1.54, 1.807) is 0 Å². The second-order valence-corrected chi connectivity index (χ2v) is 13.7. The molecule has 0 amide bonds. The van der Waals surface area contributed by atoms with Gasteiger partial charge < -0.3 is 0 Å². The van der Waals surface area contributed by atoms with Crippen molar-refractivity contribution < 1.29 is 27.3 Å². The Bertz CT molecular complexity index is 89.1. The van der Waals surface area contributed by atoms with E-state index in [2.05, 4.69) is 11.9 Å². The molecule has 1 N–H and O–H groups in total. The summed E-state index contributed by atoms with van der Waals surface area (Å²) in [7, 11) is 0. The van der Waals surface area contributed by atoms with E-state index >= 15 is 0 Å². The fraction of sp³-hybridized carbons (Fsp3) is 1.00. The van der Waals surface area contributed by atoms with Gasteiger partial charge in [-0.25, -0.2) is 0 Å². The van der Waals surface area contributed by atoms with E-state index < -0.39 is 22.1 Å². The maximum absolute atomic E-state index is 9.39. The quantitative estimate of drug-likeness (QED) is 0.692. The van der Waals surface area contributed by atoms with Gasteiger partial charge in [0.15, 0.2) is 0 Å². The zero-order valence-corrected chi connectivity index (χ0v) is 12.6. The molecule has 50 valence electrons. The van der Waals surface area contributed by atoms with Gasteiger partial charge in [0.2, 0.25) is 0 Å². The van der Waals surface area contributed by atoms with E-state index in [1.807, 2.05) is 0 Å². The molecule has 1 saturated carbocycles. The number of rotatable bonds is 1. The van der Waals surface area contributed by atoms with Crippen molar-refractivity contribution in [2.45, 2.75) is 35.2 Å². The first-order valence-electron chi connectivity index (χ1n) is 3.58. The fourth-order valence-electron chi connectivity index (χ4n) is 1.37. The van der Waals surface area contributed by atoms with Gasteiger partial charge in [0, 0.05) is 0 Å². The summed E-state index contributed by atoms with van der Waals surface area (Å²) >= 11 is 2.85. The van der Waals surface area contributed by atoms with Crippen LogP contribution in [0, 0.1) is 0 Å². The number of hydrogen-bond acceptors (Lipinski definition) is 1. The predicted molar refractivity (Wildman–Crippen MR) is 37.2 cm³/mol. The van der Waals surface area contributed by atoms with E-state index in [0.29, 0.717) is 0 Å². The average Bonchev–Trinajstić information content (AvgIpc) is 1.89. The topological polar surface area (TPSA) is 20.2 Å². The summed E-state index contributed by atoms with van der Waals surface area (Å²) in [6, 6.07) is 0. The summed E-state index contributed by atoms with van der Waals surface area (Å²) in [5.74, 6) is 0. The molecule has 0 radical (unpaired) electrons. The van der Waals surface area contributed by atoms with Crippen LogP contribution in [-0.2, 0) is 22.1 Å². The minimum absolute atomic E-state index is 0.0693. The molecule has 0 aliphatic heterocycles. The monoisotopic (exact) mass is 380 g/mol. The summed E-state index contributed by atoms with van der Waals surface area (Å²) in [6.07, 6.45) is 5.04. The van der Waals surface area contributed by atoms with Crippen LogP contribution in [0.15, 0.2) is 0 Å². The number of aliphatic hydroxyl groups excluding tert-OH is 1. The standard InChI is InChI=1S/C6H11O.BrH.Hg/c7-6-4-2-1-3-5-6;;/h4,6-7H,1-3,5H2;1H;/q;;+1/p-1/t6-;;/m1../s1. The molecular formula is C6H11BrHgO. The Hall–Kier alpha value is 1.38. The molecule has 0 aromatic carbocycles. The Morgan fingerprint density at radius 1 is 1.33 bits per heavy atom. The Balaban J connectivity index is 2.30. The van der Waals surface area contributed by atoms with Crippen LogP contribution in [0.1, 0.15) is 25.7 Å². The summed E-state index contributed by atoms with van der Waals surface area (Å²) in [5, 5.41) is 9.39. The van der Waals surface area contributed by atoms with Crippen LogP contribution in [0.4, 0.5) is 0 Å². The second-order valence-electron chi connectivity index (χ2n) is 2.77.